The molecule has 1 amide bonds. The molecule has 1 aliphatic heterocycles. The van der Waals surface area contributed by atoms with Gasteiger partial charge in [0, 0.05) is 29.3 Å². The Labute approximate surface area is 178 Å². The molecule has 3 N–H and O–H groups in total. The van der Waals surface area contributed by atoms with Crippen LogP contribution in [0.5, 0.6) is 0 Å². The SMILES string of the molecule is COC[C@@]1(C)C[C@@](C)(c2cc(NC(=O)c3ccc(Cl)cn3)ccc2F)N=C(N)S1. The zero-order valence-corrected chi connectivity index (χ0v) is 17.9. The molecule has 0 spiro atoms. The van der Waals surface area contributed by atoms with Crippen LogP contribution in [-0.2, 0) is 10.3 Å². The van der Waals surface area contributed by atoms with Gasteiger partial charge in [-0.3, -0.25) is 9.79 Å². The van der Waals surface area contributed by atoms with E-state index in [1.165, 1.54) is 36.2 Å². The summed E-state index contributed by atoms with van der Waals surface area (Å²) in [5.74, 6) is -0.839. The van der Waals surface area contributed by atoms with Crippen LogP contribution >= 0.6 is 23.4 Å². The number of carbonyl (C=O) groups excluding carboxylic acids is 1. The molecule has 0 fully saturated rings. The lowest BCUT2D eigenvalue weighted by molar-refractivity contribution is 0.102. The first kappa shape index (κ1) is 21.5. The van der Waals surface area contributed by atoms with Gasteiger partial charge in [0.15, 0.2) is 5.17 Å². The van der Waals surface area contributed by atoms with Crippen LogP contribution in [0.1, 0.15) is 36.3 Å². The van der Waals surface area contributed by atoms with Crippen molar-refractivity contribution in [3.05, 3.63) is 58.6 Å². The fraction of sp³-hybridized carbons (Fsp3) is 0.350. The summed E-state index contributed by atoms with van der Waals surface area (Å²) in [6.07, 6.45) is 1.91. The van der Waals surface area contributed by atoms with Crippen molar-refractivity contribution in [2.24, 2.45) is 10.7 Å². The van der Waals surface area contributed by atoms with Gasteiger partial charge in [-0.05, 0) is 50.6 Å². The van der Waals surface area contributed by atoms with Crippen LogP contribution in [0.15, 0.2) is 41.5 Å². The Morgan fingerprint density at radius 1 is 1.38 bits per heavy atom. The van der Waals surface area contributed by atoms with Gasteiger partial charge in [-0.1, -0.05) is 23.4 Å². The number of methoxy groups -OCH3 is 1. The van der Waals surface area contributed by atoms with E-state index in [1.807, 2.05) is 13.8 Å². The summed E-state index contributed by atoms with van der Waals surface area (Å²) < 4.78 is 19.8. The molecule has 154 valence electrons. The second kappa shape index (κ2) is 8.30. The molecule has 2 atom stereocenters. The number of benzene rings is 1. The molecule has 2 aromatic rings. The molecule has 6 nitrogen and oxygen atoms in total. The minimum atomic E-state index is -0.897. The first-order chi connectivity index (χ1) is 13.6. The number of nitrogens with one attached hydrogen (secondary N) is 1. The predicted octanol–water partition coefficient (Wildman–Crippen LogP) is 4.20. The Hall–Kier alpha value is -2.16. The molecule has 0 aliphatic carbocycles. The lowest BCUT2D eigenvalue weighted by atomic mass is 9.83. The number of amides is 1. The van der Waals surface area contributed by atoms with Gasteiger partial charge in [-0.25, -0.2) is 9.37 Å². The molecule has 2 heterocycles. The van der Waals surface area contributed by atoms with Gasteiger partial charge in [0.2, 0.25) is 0 Å². The molecule has 0 unspecified atom stereocenters. The van der Waals surface area contributed by atoms with Crippen LogP contribution in [0.3, 0.4) is 0 Å². The van der Waals surface area contributed by atoms with E-state index in [-0.39, 0.29) is 10.4 Å². The van der Waals surface area contributed by atoms with Crippen molar-refractivity contribution in [2.45, 2.75) is 30.6 Å². The van der Waals surface area contributed by atoms with E-state index in [0.717, 1.165) is 0 Å². The highest BCUT2D eigenvalue weighted by Gasteiger charge is 2.43. The van der Waals surface area contributed by atoms with E-state index < -0.39 is 17.3 Å². The van der Waals surface area contributed by atoms with Crippen LogP contribution in [0.25, 0.3) is 0 Å². The molecule has 1 aromatic heterocycles. The number of hydrogen-bond donors (Lipinski definition) is 2. The van der Waals surface area contributed by atoms with Gasteiger partial charge in [-0.2, -0.15) is 0 Å². The van der Waals surface area contributed by atoms with Crippen molar-refractivity contribution in [3.63, 3.8) is 0 Å². The quantitative estimate of drug-likeness (QED) is 0.733. The monoisotopic (exact) mass is 436 g/mol. The molecule has 0 radical (unpaired) electrons. The van der Waals surface area contributed by atoms with E-state index in [9.17, 15) is 9.18 Å². The zero-order chi connectivity index (χ0) is 21.2. The maximum atomic E-state index is 14.8. The number of hydrogen-bond acceptors (Lipinski definition) is 6. The number of carbonyl (C=O) groups is 1. The molecule has 0 bridgehead atoms. The number of halogens is 2. The standard InChI is InChI=1S/C20H22ClFN4O2S/c1-19(11-28-3)10-20(2,26-18(23)29-19)14-8-13(5-6-15(14)22)25-17(27)16-7-4-12(21)9-24-16/h4-9H,10-11H2,1-3H3,(H2,23,26)(H,25,27)/t19-,20+/m1/s1. The molecule has 0 saturated heterocycles. The molecular weight excluding hydrogens is 415 g/mol. The van der Waals surface area contributed by atoms with Crippen molar-refractivity contribution in [1.29, 1.82) is 0 Å². The number of pyridine rings is 1. The molecule has 3 rings (SSSR count). The third kappa shape index (κ3) is 4.88. The lowest BCUT2D eigenvalue weighted by Crippen LogP contribution is -2.43. The predicted molar refractivity (Wildman–Crippen MR) is 115 cm³/mol. The number of aliphatic imine (C=N–C) groups is 1. The topological polar surface area (TPSA) is 89.6 Å². The normalized spacial score (nSPS) is 24.1. The minimum absolute atomic E-state index is 0.204. The van der Waals surface area contributed by atoms with Crippen LogP contribution in [0.2, 0.25) is 5.02 Å². The summed E-state index contributed by atoms with van der Waals surface area (Å²) in [6.45, 7) is 4.29. The van der Waals surface area contributed by atoms with Gasteiger partial charge in [0.05, 0.1) is 17.2 Å². The Morgan fingerprint density at radius 2 is 2.14 bits per heavy atom. The van der Waals surface area contributed by atoms with E-state index in [1.54, 1.807) is 19.2 Å². The van der Waals surface area contributed by atoms with Crippen LogP contribution < -0.4 is 11.1 Å². The number of rotatable bonds is 5. The summed E-state index contributed by atoms with van der Waals surface area (Å²) in [7, 11) is 1.62. The number of amidine groups is 1. The maximum Gasteiger partial charge on any atom is 0.274 e. The summed E-state index contributed by atoms with van der Waals surface area (Å²) in [5, 5.41) is 3.54. The number of anilines is 1. The Bertz CT molecular complexity index is 956. The highest BCUT2D eigenvalue weighted by atomic mass is 35.5. The third-order valence-corrected chi connectivity index (χ3v) is 5.92. The van der Waals surface area contributed by atoms with Crippen molar-refractivity contribution in [3.8, 4) is 0 Å². The van der Waals surface area contributed by atoms with Gasteiger partial charge in [-0.15, -0.1) is 0 Å². The number of aromatic nitrogens is 1. The number of thioether (sulfide) groups is 1. The van der Waals surface area contributed by atoms with Crippen LogP contribution in [0.4, 0.5) is 10.1 Å². The average molecular weight is 437 g/mol. The second-order valence-electron chi connectivity index (χ2n) is 7.40. The molecule has 9 heteroatoms. The molecule has 1 aliphatic rings. The largest absolute Gasteiger partial charge is 0.383 e. The molecule has 29 heavy (non-hydrogen) atoms. The fourth-order valence-corrected chi connectivity index (χ4v) is 4.98. The third-order valence-electron chi connectivity index (χ3n) is 4.64. The van der Waals surface area contributed by atoms with Crippen molar-refractivity contribution >= 4 is 40.1 Å². The first-order valence-corrected chi connectivity index (χ1v) is 10.1. The molecule has 1 aromatic carbocycles. The number of ether oxygens (including phenoxy) is 1. The number of nitrogens with two attached hydrogens (primary N) is 1. The Morgan fingerprint density at radius 3 is 2.79 bits per heavy atom. The van der Waals surface area contributed by atoms with E-state index in [0.29, 0.717) is 34.5 Å². The van der Waals surface area contributed by atoms with Gasteiger partial charge < -0.3 is 15.8 Å². The maximum absolute atomic E-state index is 14.8. The molecular formula is C20H22ClFN4O2S. The van der Waals surface area contributed by atoms with Crippen molar-refractivity contribution in [1.82, 2.24) is 4.98 Å². The second-order valence-corrected chi connectivity index (χ2v) is 9.44. The highest BCUT2D eigenvalue weighted by molar-refractivity contribution is 8.15. The average Bonchev–Trinajstić information content (AvgIpc) is 2.62. The lowest BCUT2D eigenvalue weighted by Gasteiger charge is -2.41. The smallest absolute Gasteiger partial charge is 0.274 e. The molecule has 0 saturated carbocycles. The van der Waals surface area contributed by atoms with Crippen LogP contribution in [0, 0.1) is 5.82 Å². The number of nitrogens with zero attached hydrogens (tertiary/aromatic N) is 2. The van der Waals surface area contributed by atoms with E-state index in [2.05, 4.69) is 15.3 Å². The van der Waals surface area contributed by atoms with Gasteiger partial charge in [0.25, 0.3) is 5.91 Å². The summed E-state index contributed by atoms with van der Waals surface area (Å²) >= 11 is 7.23. The minimum Gasteiger partial charge on any atom is -0.383 e. The fourth-order valence-electron chi connectivity index (χ4n) is 3.58. The van der Waals surface area contributed by atoms with Crippen molar-refractivity contribution in [2.75, 3.05) is 19.0 Å². The van der Waals surface area contributed by atoms with Crippen LogP contribution in [-0.4, -0.2) is 34.5 Å². The Balaban J connectivity index is 1.91. The summed E-state index contributed by atoms with van der Waals surface area (Å²) in [5.41, 5.74) is 6.15. The van der Waals surface area contributed by atoms with Gasteiger partial charge >= 0.3 is 0 Å². The van der Waals surface area contributed by atoms with Crippen molar-refractivity contribution < 1.29 is 13.9 Å². The van der Waals surface area contributed by atoms with E-state index in [4.69, 9.17) is 22.1 Å². The summed E-state index contributed by atoms with van der Waals surface area (Å²) in [4.78, 5) is 21.0. The van der Waals surface area contributed by atoms with E-state index >= 15 is 0 Å². The summed E-state index contributed by atoms with van der Waals surface area (Å²) in [6, 6.07) is 7.49. The van der Waals surface area contributed by atoms with Gasteiger partial charge in [0.1, 0.15) is 11.5 Å². The Kier molecular flexibility index (Phi) is 6.16. The first-order valence-electron chi connectivity index (χ1n) is 8.90. The highest BCUT2D eigenvalue weighted by Crippen LogP contribution is 2.46. The zero-order valence-electron chi connectivity index (χ0n) is 16.3.